The summed E-state index contributed by atoms with van der Waals surface area (Å²) in [7, 11) is 0. The molecule has 1 amide bonds. The van der Waals surface area contributed by atoms with Crippen LogP contribution in [-0.2, 0) is 11.2 Å². The zero-order valence-corrected chi connectivity index (χ0v) is 13.5. The fourth-order valence-corrected chi connectivity index (χ4v) is 3.67. The molecule has 1 aliphatic carbocycles. The van der Waals surface area contributed by atoms with Gasteiger partial charge in [-0.15, -0.1) is 0 Å². The molecule has 3 rings (SSSR count). The second-order valence-electron chi connectivity index (χ2n) is 6.91. The Kier molecular flexibility index (Phi) is 4.50. The maximum absolute atomic E-state index is 11.9. The molecule has 4 heteroatoms. The Bertz CT molecular complexity index is 544. The highest BCUT2D eigenvalue weighted by Gasteiger charge is 2.37. The molecular formula is C18H26N2O2. The van der Waals surface area contributed by atoms with Crippen molar-refractivity contribution in [1.29, 1.82) is 0 Å². The van der Waals surface area contributed by atoms with Crippen LogP contribution in [0.4, 0.5) is 0 Å². The van der Waals surface area contributed by atoms with E-state index in [1.807, 2.05) is 32.0 Å². The highest BCUT2D eigenvalue weighted by Crippen LogP contribution is 2.35. The lowest BCUT2D eigenvalue weighted by atomic mass is 10.0. The number of aliphatic hydroxyl groups is 1. The molecule has 3 atom stereocenters. The molecule has 3 unspecified atom stereocenters. The van der Waals surface area contributed by atoms with Gasteiger partial charge in [-0.1, -0.05) is 38.1 Å². The monoisotopic (exact) mass is 302 g/mol. The Morgan fingerprint density at radius 1 is 1.36 bits per heavy atom. The van der Waals surface area contributed by atoms with Gasteiger partial charge in [0.15, 0.2) is 0 Å². The van der Waals surface area contributed by atoms with Crippen LogP contribution < -0.4 is 5.32 Å². The minimum Gasteiger partial charge on any atom is -0.387 e. The van der Waals surface area contributed by atoms with Gasteiger partial charge < -0.3 is 10.4 Å². The van der Waals surface area contributed by atoms with E-state index in [-0.39, 0.29) is 23.9 Å². The van der Waals surface area contributed by atoms with Crippen molar-refractivity contribution in [3.63, 3.8) is 0 Å². The lowest BCUT2D eigenvalue weighted by molar-refractivity contribution is -0.125. The molecule has 1 heterocycles. The number of nitrogens with one attached hydrogen (secondary N) is 1. The van der Waals surface area contributed by atoms with Crippen LogP contribution in [0.2, 0.25) is 0 Å². The van der Waals surface area contributed by atoms with Gasteiger partial charge in [0.05, 0.1) is 6.10 Å². The topological polar surface area (TPSA) is 52.6 Å². The van der Waals surface area contributed by atoms with Gasteiger partial charge in [-0.25, -0.2) is 0 Å². The van der Waals surface area contributed by atoms with E-state index in [1.54, 1.807) is 0 Å². The molecule has 2 N–H and O–H groups in total. The number of hydrogen-bond donors (Lipinski definition) is 2. The number of likely N-dealkylation sites (tertiary alicyclic amines) is 1. The zero-order valence-electron chi connectivity index (χ0n) is 13.5. The van der Waals surface area contributed by atoms with Gasteiger partial charge >= 0.3 is 0 Å². The molecule has 0 radical (unpaired) electrons. The predicted molar refractivity (Wildman–Crippen MR) is 86.5 cm³/mol. The third-order valence-electron chi connectivity index (χ3n) is 4.96. The molecule has 1 fully saturated rings. The number of rotatable bonds is 3. The molecule has 120 valence electrons. The summed E-state index contributed by atoms with van der Waals surface area (Å²) in [6.45, 7) is 5.69. The minimum atomic E-state index is -0.407. The van der Waals surface area contributed by atoms with Crippen LogP contribution in [-0.4, -0.2) is 41.1 Å². The third-order valence-corrected chi connectivity index (χ3v) is 4.96. The fourth-order valence-electron chi connectivity index (χ4n) is 3.67. The van der Waals surface area contributed by atoms with E-state index in [9.17, 15) is 9.90 Å². The maximum atomic E-state index is 11.9. The molecule has 2 aliphatic rings. The van der Waals surface area contributed by atoms with Gasteiger partial charge in [0.2, 0.25) is 5.91 Å². The Morgan fingerprint density at radius 2 is 2.14 bits per heavy atom. The highest BCUT2D eigenvalue weighted by molar-refractivity contribution is 5.78. The summed E-state index contributed by atoms with van der Waals surface area (Å²) in [6.07, 6.45) is 2.60. The molecule has 1 aromatic rings. The fraction of sp³-hybridized carbons (Fsp3) is 0.611. The number of benzene rings is 1. The molecule has 22 heavy (non-hydrogen) atoms. The van der Waals surface area contributed by atoms with E-state index in [0.29, 0.717) is 0 Å². The van der Waals surface area contributed by atoms with Gasteiger partial charge in [-0.3, -0.25) is 9.69 Å². The summed E-state index contributed by atoms with van der Waals surface area (Å²) in [5.41, 5.74) is 2.33. The average molecular weight is 302 g/mol. The maximum Gasteiger partial charge on any atom is 0.222 e. The van der Waals surface area contributed by atoms with E-state index in [0.717, 1.165) is 37.9 Å². The van der Waals surface area contributed by atoms with Crippen LogP contribution in [0.15, 0.2) is 24.3 Å². The molecule has 0 bridgehead atoms. The van der Waals surface area contributed by atoms with Crippen molar-refractivity contribution in [3.8, 4) is 0 Å². The van der Waals surface area contributed by atoms with Gasteiger partial charge in [-0.05, 0) is 36.9 Å². The zero-order chi connectivity index (χ0) is 15.7. The summed E-state index contributed by atoms with van der Waals surface area (Å²) < 4.78 is 0. The van der Waals surface area contributed by atoms with Crippen molar-refractivity contribution >= 4 is 5.91 Å². The van der Waals surface area contributed by atoms with Gasteiger partial charge in [-0.2, -0.15) is 0 Å². The van der Waals surface area contributed by atoms with Crippen LogP contribution >= 0.6 is 0 Å². The standard InChI is InChI=1S/C18H26N2O2/c1-12(2)18(22)19-14-7-5-9-20(11-14)16-10-13-6-3-4-8-15(13)17(16)21/h3-4,6,8,12,14,16-17,21H,5,7,9-11H2,1-2H3,(H,19,22). The van der Waals surface area contributed by atoms with E-state index < -0.39 is 6.10 Å². The largest absolute Gasteiger partial charge is 0.387 e. The Morgan fingerprint density at radius 3 is 2.86 bits per heavy atom. The Balaban J connectivity index is 1.65. The first-order valence-corrected chi connectivity index (χ1v) is 8.36. The summed E-state index contributed by atoms with van der Waals surface area (Å²) in [4.78, 5) is 14.3. The lowest BCUT2D eigenvalue weighted by Crippen LogP contribution is -2.52. The molecular weight excluding hydrogens is 276 g/mol. The van der Waals surface area contributed by atoms with Crippen LogP contribution in [0.5, 0.6) is 0 Å². The summed E-state index contributed by atoms with van der Waals surface area (Å²) in [6, 6.07) is 8.53. The first-order chi connectivity index (χ1) is 10.6. The van der Waals surface area contributed by atoms with Crippen LogP contribution in [0.3, 0.4) is 0 Å². The van der Waals surface area contributed by atoms with Gasteiger partial charge in [0.25, 0.3) is 0 Å². The third kappa shape index (κ3) is 3.03. The van der Waals surface area contributed by atoms with Crippen LogP contribution in [0.1, 0.15) is 43.9 Å². The second-order valence-corrected chi connectivity index (χ2v) is 6.91. The summed E-state index contributed by atoms with van der Waals surface area (Å²) in [5.74, 6) is 0.152. The molecule has 0 spiro atoms. The number of hydrogen-bond acceptors (Lipinski definition) is 3. The van der Waals surface area contributed by atoms with Gasteiger partial charge in [0.1, 0.15) is 0 Å². The van der Waals surface area contributed by atoms with Gasteiger partial charge in [0, 0.05) is 24.5 Å². The first kappa shape index (κ1) is 15.5. The SMILES string of the molecule is CC(C)C(=O)NC1CCCN(C2Cc3ccccc3C2O)C1. The molecule has 0 aromatic heterocycles. The Labute approximate surface area is 132 Å². The lowest BCUT2D eigenvalue weighted by Gasteiger charge is -2.38. The molecule has 1 saturated heterocycles. The second kappa shape index (κ2) is 6.39. The highest BCUT2D eigenvalue weighted by atomic mass is 16.3. The van der Waals surface area contributed by atoms with Crippen molar-refractivity contribution < 1.29 is 9.90 Å². The van der Waals surface area contributed by atoms with Crippen LogP contribution in [0, 0.1) is 5.92 Å². The predicted octanol–water partition coefficient (Wildman–Crippen LogP) is 1.88. The number of carbonyl (C=O) groups excluding carboxylic acids is 1. The number of piperidine rings is 1. The normalized spacial score (nSPS) is 28.6. The Hall–Kier alpha value is -1.39. The summed E-state index contributed by atoms with van der Waals surface area (Å²) >= 11 is 0. The molecule has 4 nitrogen and oxygen atoms in total. The number of nitrogens with zero attached hydrogens (tertiary/aromatic N) is 1. The quantitative estimate of drug-likeness (QED) is 0.896. The molecule has 1 aromatic carbocycles. The molecule has 1 aliphatic heterocycles. The van der Waals surface area contributed by atoms with E-state index in [2.05, 4.69) is 16.3 Å². The van der Waals surface area contributed by atoms with Crippen molar-refractivity contribution in [1.82, 2.24) is 10.2 Å². The molecule has 0 saturated carbocycles. The number of carbonyl (C=O) groups is 1. The number of fused-ring (bicyclic) bond motifs is 1. The van der Waals surface area contributed by atoms with Crippen LogP contribution in [0.25, 0.3) is 0 Å². The first-order valence-electron chi connectivity index (χ1n) is 8.36. The van der Waals surface area contributed by atoms with E-state index in [4.69, 9.17) is 0 Å². The van der Waals surface area contributed by atoms with E-state index >= 15 is 0 Å². The summed E-state index contributed by atoms with van der Waals surface area (Å²) in [5, 5.41) is 13.8. The van der Waals surface area contributed by atoms with Crippen molar-refractivity contribution in [2.24, 2.45) is 5.92 Å². The number of aliphatic hydroxyl groups excluding tert-OH is 1. The van der Waals surface area contributed by atoms with Crippen molar-refractivity contribution in [2.45, 2.75) is 51.3 Å². The van der Waals surface area contributed by atoms with Crippen molar-refractivity contribution in [3.05, 3.63) is 35.4 Å². The number of amides is 1. The van der Waals surface area contributed by atoms with Crippen molar-refractivity contribution in [2.75, 3.05) is 13.1 Å². The average Bonchev–Trinajstić information content (AvgIpc) is 2.85. The minimum absolute atomic E-state index is 0.0247. The van der Waals surface area contributed by atoms with E-state index in [1.165, 1.54) is 5.56 Å². The smallest absolute Gasteiger partial charge is 0.222 e.